The topological polar surface area (TPSA) is 109 Å². The molecule has 1 N–H and O–H groups in total. The molecule has 3 aromatic heterocycles. The van der Waals surface area contributed by atoms with Crippen LogP contribution in [-0.4, -0.2) is 50.0 Å². The average Bonchev–Trinajstić information content (AvgIpc) is 3.53. The van der Waals surface area contributed by atoms with Gasteiger partial charge < -0.3 is 24.1 Å². The fourth-order valence-electron chi connectivity index (χ4n) is 4.12. The summed E-state index contributed by atoms with van der Waals surface area (Å²) in [6.07, 6.45) is 8.21. The second kappa shape index (κ2) is 9.90. The smallest absolute Gasteiger partial charge is 0.320 e. The summed E-state index contributed by atoms with van der Waals surface area (Å²) < 4.78 is 19.5. The number of rotatable bonds is 9. The molecule has 0 amide bonds. The zero-order valence-electron chi connectivity index (χ0n) is 19.3. The standard InChI is InChI=1S/C24H27N7O3/c1-25-22-21-23(29-24(28-22)33-14-17-6-5-11-27-30-17)31(15-26-21)13-16-9-10-19(32-2)20(12-16)34-18-7-3-4-8-18/h5-6,9-12,15,18H,3-4,7-8,13-14H2,1-2H3,(H,25,28,29). The molecule has 1 aliphatic rings. The number of anilines is 1. The largest absolute Gasteiger partial charge is 0.493 e. The number of methoxy groups -OCH3 is 1. The highest BCUT2D eigenvalue weighted by molar-refractivity contribution is 5.83. The summed E-state index contributed by atoms with van der Waals surface area (Å²) in [7, 11) is 3.46. The van der Waals surface area contributed by atoms with Crippen LogP contribution >= 0.6 is 0 Å². The van der Waals surface area contributed by atoms with E-state index in [1.807, 2.05) is 34.9 Å². The van der Waals surface area contributed by atoms with Gasteiger partial charge in [0.1, 0.15) is 12.3 Å². The van der Waals surface area contributed by atoms with Gasteiger partial charge in [-0.05, 0) is 55.5 Å². The lowest BCUT2D eigenvalue weighted by Gasteiger charge is -2.17. The van der Waals surface area contributed by atoms with Crippen LogP contribution < -0.4 is 19.5 Å². The van der Waals surface area contributed by atoms with Crippen molar-refractivity contribution in [1.29, 1.82) is 0 Å². The van der Waals surface area contributed by atoms with Gasteiger partial charge in [0.2, 0.25) is 0 Å². The summed E-state index contributed by atoms with van der Waals surface area (Å²) in [5.41, 5.74) is 3.09. The van der Waals surface area contributed by atoms with Crippen LogP contribution in [0.5, 0.6) is 17.5 Å². The Morgan fingerprint density at radius 2 is 2.00 bits per heavy atom. The molecule has 1 aromatic carbocycles. The van der Waals surface area contributed by atoms with Crippen LogP contribution in [0, 0.1) is 0 Å². The zero-order valence-corrected chi connectivity index (χ0v) is 19.3. The van der Waals surface area contributed by atoms with E-state index in [1.165, 1.54) is 12.8 Å². The Morgan fingerprint density at radius 3 is 2.76 bits per heavy atom. The summed E-state index contributed by atoms with van der Waals surface area (Å²) in [5, 5.41) is 11.0. The number of fused-ring (bicyclic) bond motifs is 1. The third-order valence-corrected chi connectivity index (χ3v) is 5.83. The Kier molecular flexibility index (Phi) is 6.37. The molecule has 10 nitrogen and oxygen atoms in total. The quantitative estimate of drug-likeness (QED) is 0.400. The van der Waals surface area contributed by atoms with Crippen LogP contribution in [0.25, 0.3) is 11.2 Å². The summed E-state index contributed by atoms with van der Waals surface area (Å²) >= 11 is 0. The SMILES string of the molecule is CNc1nc(OCc2cccnn2)nc2c1ncn2Cc1ccc(OC)c(OC2CCCC2)c1. The number of imidazole rings is 1. The maximum Gasteiger partial charge on any atom is 0.320 e. The number of nitrogens with zero attached hydrogens (tertiary/aromatic N) is 6. The summed E-state index contributed by atoms with van der Waals surface area (Å²) in [4.78, 5) is 13.6. The average molecular weight is 462 g/mol. The van der Waals surface area contributed by atoms with Crippen molar-refractivity contribution in [3.05, 3.63) is 54.1 Å². The second-order valence-corrected chi connectivity index (χ2v) is 8.16. The third-order valence-electron chi connectivity index (χ3n) is 5.83. The molecule has 0 atom stereocenters. The number of ether oxygens (including phenoxy) is 3. The lowest BCUT2D eigenvalue weighted by molar-refractivity contribution is 0.200. The monoisotopic (exact) mass is 461 g/mol. The predicted molar refractivity (Wildman–Crippen MR) is 126 cm³/mol. The van der Waals surface area contributed by atoms with E-state index < -0.39 is 0 Å². The highest BCUT2D eigenvalue weighted by atomic mass is 16.5. The van der Waals surface area contributed by atoms with E-state index in [0.29, 0.717) is 29.2 Å². The maximum absolute atomic E-state index is 6.26. The molecule has 0 saturated heterocycles. The Labute approximate surface area is 197 Å². The molecule has 1 aliphatic carbocycles. The predicted octanol–water partition coefficient (Wildman–Crippen LogP) is 3.62. The van der Waals surface area contributed by atoms with Gasteiger partial charge in [-0.3, -0.25) is 0 Å². The van der Waals surface area contributed by atoms with E-state index in [0.717, 1.165) is 29.9 Å². The third kappa shape index (κ3) is 4.70. The molecule has 176 valence electrons. The summed E-state index contributed by atoms with van der Waals surface area (Å²) in [5.74, 6) is 2.11. The Morgan fingerprint density at radius 1 is 1.12 bits per heavy atom. The molecular formula is C24H27N7O3. The molecular weight excluding hydrogens is 434 g/mol. The van der Waals surface area contributed by atoms with E-state index in [4.69, 9.17) is 14.2 Å². The van der Waals surface area contributed by atoms with Crippen molar-refractivity contribution in [2.24, 2.45) is 0 Å². The molecule has 1 fully saturated rings. The van der Waals surface area contributed by atoms with E-state index >= 15 is 0 Å². The van der Waals surface area contributed by atoms with Crippen LogP contribution in [0.4, 0.5) is 5.82 Å². The van der Waals surface area contributed by atoms with Crippen molar-refractivity contribution in [3.8, 4) is 17.5 Å². The summed E-state index contributed by atoms with van der Waals surface area (Å²) in [6, 6.07) is 9.89. The molecule has 0 bridgehead atoms. The lowest BCUT2D eigenvalue weighted by Crippen LogP contribution is -2.12. The fraction of sp³-hybridized carbons (Fsp3) is 0.375. The van der Waals surface area contributed by atoms with Crippen molar-refractivity contribution in [2.75, 3.05) is 19.5 Å². The number of aromatic nitrogens is 6. The van der Waals surface area contributed by atoms with Crippen molar-refractivity contribution in [2.45, 2.75) is 44.9 Å². The first-order valence-electron chi connectivity index (χ1n) is 11.4. The number of nitrogens with one attached hydrogen (secondary N) is 1. The van der Waals surface area contributed by atoms with Crippen LogP contribution in [0.2, 0.25) is 0 Å². The van der Waals surface area contributed by atoms with E-state index in [9.17, 15) is 0 Å². The Bertz CT molecular complexity index is 1260. The number of hydrogen-bond acceptors (Lipinski definition) is 9. The van der Waals surface area contributed by atoms with Crippen molar-refractivity contribution in [1.82, 2.24) is 29.7 Å². The number of benzene rings is 1. The van der Waals surface area contributed by atoms with Crippen molar-refractivity contribution in [3.63, 3.8) is 0 Å². The van der Waals surface area contributed by atoms with E-state index in [-0.39, 0.29) is 18.7 Å². The molecule has 0 unspecified atom stereocenters. The normalized spacial score (nSPS) is 13.8. The van der Waals surface area contributed by atoms with Gasteiger partial charge in [-0.2, -0.15) is 20.2 Å². The molecule has 3 heterocycles. The first-order valence-corrected chi connectivity index (χ1v) is 11.4. The molecule has 0 spiro atoms. The van der Waals surface area contributed by atoms with Gasteiger partial charge in [0.25, 0.3) is 0 Å². The molecule has 0 aliphatic heterocycles. The maximum atomic E-state index is 6.26. The second-order valence-electron chi connectivity index (χ2n) is 8.16. The van der Waals surface area contributed by atoms with Crippen LogP contribution in [-0.2, 0) is 13.2 Å². The van der Waals surface area contributed by atoms with Crippen LogP contribution in [0.15, 0.2) is 42.9 Å². The first-order chi connectivity index (χ1) is 16.7. The van der Waals surface area contributed by atoms with Crippen LogP contribution in [0.3, 0.4) is 0 Å². The van der Waals surface area contributed by atoms with Gasteiger partial charge in [-0.15, -0.1) is 0 Å². The molecule has 1 saturated carbocycles. The lowest BCUT2D eigenvalue weighted by atomic mass is 10.2. The molecule has 5 rings (SSSR count). The van der Waals surface area contributed by atoms with E-state index in [2.05, 4.69) is 30.5 Å². The van der Waals surface area contributed by atoms with Gasteiger partial charge in [0.15, 0.2) is 28.5 Å². The van der Waals surface area contributed by atoms with Gasteiger partial charge in [-0.25, -0.2) is 4.98 Å². The van der Waals surface area contributed by atoms with Gasteiger partial charge >= 0.3 is 6.01 Å². The van der Waals surface area contributed by atoms with Gasteiger partial charge in [0, 0.05) is 13.2 Å². The minimum atomic E-state index is 0.219. The minimum Gasteiger partial charge on any atom is -0.493 e. The Balaban J connectivity index is 1.41. The molecule has 0 radical (unpaired) electrons. The molecule has 34 heavy (non-hydrogen) atoms. The Hall–Kier alpha value is -3.95. The minimum absolute atomic E-state index is 0.219. The first kappa shape index (κ1) is 21.9. The molecule has 10 heteroatoms. The van der Waals surface area contributed by atoms with Gasteiger partial charge in [-0.1, -0.05) is 6.07 Å². The highest BCUT2D eigenvalue weighted by Crippen LogP contribution is 2.33. The van der Waals surface area contributed by atoms with Crippen LogP contribution in [0.1, 0.15) is 36.9 Å². The number of hydrogen-bond donors (Lipinski definition) is 1. The zero-order chi connectivity index (χ0) is 23.3. The van der Waals surface area contributed by atoms with Crippen molar-refractivity contribution < 1.29 is 14.2 Å². The highest BCUT2D eigenvalue weighted by Gasteiger charge is 2.19. The summed E-state index contributed by atoms with van der Waals surface area (Å²) in [6.45, 7) is 0.780. The fourth-order valence-corrected chi connectivity index (χ4v) is 4.12. The van der Waals surface area contributed by atoms with E-state index in [1.54, 1.807) is 26.7 Å². The molecule has 4 aromatic rings. The van der Waals surface area contributed by atoms with Crippen molar-refractivity contribution >= 4 is 17.0 Å². The van der Waals surface area contributed by atoms with Gasteiger partial charge in [0.05, 0.1) is 26.1 Å².